The summed E-state index contributed by atoms with van der Waals surface area (Å²) >= 11 is 6.34. The Hall–Kier alpha value is -4.36. The molecule has 1 fully saturated rings. The minimum atomic E-state index is -0.537. The number of para-hydroxylation sites is 1. The molecule has 35 heavy (non-hydrogen) atoms. The van der Waals surface area contributed by atoms with E-state index >= 15 is 0 Å². The number of amides is 3. The van der Waals surface area contributed by atoms with Crippen LogP contribution in [0.4, 0.5) is 4.79 Å². The molecule has 3 aromatic carbocycles. The highest BCUT2D eigenvalue weighted by molar-refractivity contribution is 6.32. The van der Waals surface area contributed by atoms with Gasteiger partial charge in [0.25, 0.3) is 11.5 Å². The first-order chi connectivity index (χ1) is 16.9. The number of rotatable bonds is 5. The van der Waals surface area contributed by atoms with E-state index in [1.54, 1.807) is 24.3 Å². The highest BCUT2D eigenvalue weighted by atomic mass is 35.5. The zero-order valence-corrected chi connectivity index (χ0v) is 19.5. The van der Waals surface area contributed by atoms with Gasteiger partial charge in [-0.1, -0.05) is 83.9 Å². The number of hydrogen-bond donors (Lipinski definition) is 2. The number of H-pyrrole nitrogens is 1. The third kappa shape index (κ3) is 4.29. The first kappa shape index (κ1) is 22.4. The van der Waals surface area contributed by atoms with E-state index in [1.807, 2.05) is 61.5 Å². The molecule has 3 amide bonds. The Kier molecular flexibility index (Phi) is 5.84. The molecule has 5 rings (SSSR count). The molecule has 2 heterocycles. The molecule has 1 saturated heterocycles. The van der Waals surface area contributed by atoms with E-state index in [2.05, 4.69) is 10.4 Å². The Bertz CT molecular complexity index is 1520. The van der Waals surface area contributed by atoms with Crippen LogP contribution in [0.1, 0.15) is 16.7 Å². The zero-order chi connectivity index (χ0) is 24.5. The molecule has 7 nitrogen and oxygen atoms in total. The van der Waals surface area contributed by atoms with Gasteiger partial charge in [-0.15, -0.1) is 0 Å². The Morgan fingerprint density at radius 2 is 1.57 bits per heavy atom. The van der Waals surface area contributed by atoms with Gasteiger partial charge in [0.05, 0.1) is 28.5 Å². The third-order valence-corrected chi connectivity index (χ3v) is 6.11. The third-order valence-electron chi connectivity index (χ3n) is 5.79. The fraction of sp³-hybridized carbons (Fsp3) is 0.0741. The van der Waals surface area contributed by atoms with Crippen LogP contribution in [-0.2, 0) is 11.3 Å². The summed E-state index contributed by atoms with van der Waals surface area (Å²) in [6.07, 6.45) is 1.42. The highest BCUT2D eigenvalue weighted by Gasteiger charge is 2.34. The summed E-state index contributed by atoms with van der Waals surface area (Å²) in [5.41, 5.74) is 3.50. The molecule has 0 spiro atoms. The lowest BCUT2D eigenvalue weighted by atomic mass is 10.1. The lowest BCUT2D eigenvalue weighted by Crippen LogP contribution is -2.30. The van der Waals surface area contributed by atoms with Crippen LogP contribution in [0.3, 0.4) is 0 Å². The van der Waals surface area contributed by atoms with Crippen LogP contribution in [0.5, 0.6) is 0 Å². The average Bonchev–Trinajstić information content (AvgIpc) is 3.32. The fourth-order valence-electron chi connectivity index (χ4n) is 3.95. The molecule has 174 valence electrons. The Morgan fingerprint density at radius 1 is 0.886 bits per heavy atom. The minimum Gasteiger partial charge on any atom is -0.303 e. The van der Waals surface area contributed by atoms with Gasteiger partial charge in [-0.2, -0.15) is 0 Å². The fourth-order valence-corrected chi connectivity index (χ4v) is 4.17. The molecular formula is C27H21ClN4O3. The molecule has 0 bridgehead atoms. The number of aryl methyl sites for hydroxylation is 1. The van der Waals surface area contributed by atoms with E-state index in [-0.39, 0.29) is 17.8 Å². The molecule has 0 unspecified atom stereocenters. The predicted octanol–water partition coefficient (Wildman–Crippen LogP) is 4.89. The van der Waals surface area contributed by atoms with Crippen LogP contribution in [0.2, 0.25) is 5.02 Å². The maximum Gasteiger partial charge on any atom is 0.329 e. The molecule has 2 N–H and O–H groups in total. The maximum absolute atomic E-state index is 13.5. The van der Waals surface area contributed by atoms with Crippen molar-refractivity contribution < 1.29 is 9.59 Å². The number of nitrogens with zero attached hydrogens (tertiary/aromatic N) is 2. The summed E-state index contributed by atoms with van der Waals surface area (Å²) in [6.45, 7) is 2.10. The lowest BCUT2D eigenvalue weighted by Gasteiger charge is -2.11. The first-order valence-electron chi connectivity index (χ1n) is 11.0. The molecule has 0 radical (unpaired) electrons. The van der Waals surface area contributed by atoms with Gasteiger partial charge in [-0.25, -0.2) is 9.48 Å². The minimum absolute atomic E-state index is 0.0294. The number of aromatic amines is 1. The number of aromatic nitrogens is 2. The molecule has 0 aliphatic carbocycles. The summed E-state index contributed by atoms with van der Waals surface area (Å²) in [6, 6.07) is 23.3. The quantitative estimate of drug-likeness (QED) is 0.312. The molecule has 4 aromatic rings. The summed E-state index contributed by atoms with van der Waals surface area (Å²) in [5.74, 6) is -0.500. The maximum atomic E-state index is 13.5. The van der Waals surface area contributed by atoms with E-state index in [0.29, 0.717) is 16.4 Å². The summed E-state index contributed by atoms with van der Waals surface area (Å²) < 4.78 is 1.34. The second kappa shape index (κ2) is 9.12. The van der Waals surface area contributed by atoms with Gasteiger partial charge in [0.15, 0.2) is 0 Å². The highest BCUT2D eigenvalue weighted by Crippen LogP contribution is 2.26. The Morgan fingerprint density at radius 3 is 2.29 bits per heavy atom. The molecule has 1 aliphatic heterocycles. The second-order valence-electron chi connectivity index (χ2n) is 8.22. The lowest BCUT2D eigenvalue weighted by molar-refractivity contribution is -0.123. The van der Waals surface area contributed by atoms with Gasteiger partial charge in [-0.05, 0) is 30.7 Å². The number of carbonyl (C=O) groups is 2. The number of carbonyl (C=O) groups excluding carboxylic acids is 2. The van der Waals surface area contributed by atoms with Crippen LogP contribution < -0.4 is 10.9 Å². The average molecular weight is 485 g/mol. The van der Waals surface area contributed by atoms with Crippen LogP contribution in [-0.4, -0.2) is 26.6 Å². The van der Waals surface area contributed by atoms with Crippen molar-refractivity contribution in [2.24, 2.45) is 0 Å². The van der Waals surface area contributed by atoms with Gasteiger partial charge >= 0.3 is 6.03 Å². The summed E-state index contributed by atoms with van der Waals surface area (Å²) in [5, 5.41) is 6.12. The zero-order valence-electron chi connectivity index (χ0n) is 18.8. The largest absolute Gasteiger partial charge is 0.329 e. The topological polar surface area (TPSA) is 87.2 Å². The summed E-state index contributed by atoms with van der Waals surface area (Å²) in [4.78, 5) is 40.3. The SMILES string of the molecule is Cc1ccc(CN2C(=O)N/C(=C\c3c(-c4ccccc4)[nH]n(-c4ccccc4Cl)c3=O)C2=O)cc1. The molecule has 8 heteroatoms. The van der Waals surface area contributed by atoms with Crippen molar-refractivity contribution >= 4 is 29.6 Å². The standard InChI is InChI=1S/C27H21ClN4O3/c1-17-11-13-18(14-12-17)16-31-26(34)22(29-27(31)35)15-20-24(19-7-3-2-4-8-19)30-32(25(20)33)23-10-6-5-9-21(23)28/h2-15,30H,16H2,1H3,(H,29,35)/b22-15-. The van der Waals surface area contributed by atoms with Crippen molar-refractivity contribution in [3.8, 4) is 16.9 Å². The van der Waals surface area contributed by atoms with Crippen LogP contribution in [0.25, 0.3) is 23.0 Å². The Balaban J connectivity index is 1.57. The van der Waals surface area contributed by atoms with Crippen LogP contribution in [0, 0.1) is 6.92 Å². The second-order valence-corrected chi connectivity index (χ2v) is 8.63. The monoisotopic (exact) mass is 484 g/mol. The molecular weight excluding hydrogens is 464 g/mol. The first-order valence-corrected chi connectivity index (χ1v) is 11.4. The van der Waals surface area contributed by atoms with Gasteiger partial charge in [-0.3, -0.25) is 19.6 Å². The number of hydrogen-bond acceptors (Lipinski definition) is 3. The van der Waals surface area contributed by atoms with Crippen molar-refractivity contribution in [1.29, 1.82) is 0 Å². The van der Waals surface area contributed by atoms with E-state index in [4.69, 9.17) is 11.6 Å². The Labute approximate surface area is 206 Å². The number of nitrogens with one attached hydrogen (secondary N) is 2. The number of benzene rings is 3. The van der Waals surface area contributed by atoms with Gasteiger partial charge in [0, 0.05) is 5.56 Å². The number of urea groups is 1. The molecule has 1 aliphatic rings. The van der Waals surface area contributed by atoms with Crippen molar-refractivity contribution in [2.45, 2.75) is 13.5 Å². The van der Waals surface area contributed by atoms with Crippen molar-refractivity contribution in [1.82, 2.24) is 20.0 Å². The molecule has 0 atom stereocenters. The van der Waals surface area contributed by atoms with E-state index in [0.717, 1.165) is 21.6 Å². The molecule has 0 saturated carbocycles. The normalized spacial score (nSPS) is 14.6. The van der Waals surface area contributed by atoms with Crippen LogP contribution >= 0.6 is 11.6 Å². The number of halogens is 1. The van der Waals surface area contributed by atoms with Gasteiger partial charge < -0.3 is 5.32 Å². The number of imide groups is 1. The van der Waals surface area contributed by atoms with Gasteiger partial charge in [0.2, 0.25) is 0 Å². The van der Waals surface area contributed by atoms with Gasteiger partial charge in [0.1, 0.15) is 5.70 Å². The van der Waals surface area contributed by atoms with Crippen molar-refractivity contribution in [3.05, 3.63) is 117 Å². The van der Waals surface area contributed by atoms with Crippen molar-refractivity contribution in [2.75, 3.05) is 0 Å². The van der Waals surface area contributed by atoms with Crippen molar-refractivity contribution in [3.63, 3.8) is 0 Å². The van der Waals surface area contributed by atoms with E-state index in [1.165, 1.54) is 10.8 Å². The smallest absolute Gasteiger partial charge is 0.303 e. The summed E-state index contributed by atoms with van der Waals surface area (Å²) in [7, 11) is 0. The van der Waals surface area contributed by atoms with Crippen LogP contribution in [0.15, 0.2) is 89.4 Å². The van der Waals surface area contributed by atoms with E-state index < -0.39 is 17.5 Å². The molecule has 1 aromatic heterocycles. The van der Waals surface area contributed by atoms with E-state index in [9.17, 15) is 14.4 Å². The predicted molar refractivity (Wildman–Crippen MR) is 135 cm³/mol.